The second kappa shape index (κ2) is 8.86. The topological polar surface area (TPSA) is 93.1 Å². The summed E-state index contributed by atoms with van der Waals surface area (Å²) in [5.41, 5.74) is 1.61. The zero-order valence-electron chi connectivity index (χ0n) is 17.1. The number of hydrogen-bond donors (Lipinski definition) is 2. The molecule has 0 spiro atoms. The molecule has 0 bridgehead atoms. The van der Waals surface area contributed by atoms with Gasteiger partial charge in [0.2, 0.25) is 0 Å². The predicted molar refractivity (Wildman–Crippen MR) is 110 cm³/mol. The van der Waals surface area contributed by atoms with Gasteiger partial charge in [-0.1, -0.05) is 6.07 Å². The van der Waals surface area contributed by atoms with Gasteiger partial charge in [0.15, 0.2) is 11.6 Å². The first-order chi connectivity index (χ1) is 14.7. The minimum atomic E-state index is -1.10. The van der Waals surface area contributed by atoms with Crippen LogP contribution in [0, 0.1) is 25.5 Å². The Morgan fingerprint density at radius 2 is 1.81 bits per heavy atom. The number of aromatic nitrogens is 2. The minimum Gasteiger partial charge on any atom is -0.344 e. The number of rotatable bonds is 6. The van der Waals surface area contributed by atoms with Crippen molar-refractivity contribution in [2.45, 2.75) is 20.4 Å². The maximum Gasteiger partial charge on any atom is 0.292 e. The van der Waals surface area contributed by atoms with E-state index in [0.717, 1.165) is 12.1 Å². The van der Waals surface area contributed by atoms with Gasteiger partial charge in [0.1, 0.15) is 5.69 Å². The van der Waals surface area contributed by atoms with Crippen LogP contribution in [-0.2, 0) is 18.4 Å². The van der Waals surface area contributed by atoms with E-state index in [-0.39, 0.29) is 23.5 Å². The van der Waals surface area contributed by atoms with Gasteiger partial charge in [-0.2, -0.15) is 0 Å². The van der Waals surface area contributed by atoms with Crippen LogP contribution in [0.2, 0.25) is 0 Å². The molecule has 0 saturated heterocycles. The second-order valence-electron chi connectivity index (χ2n) is 6.91. The van der Waals surface area contributed by atoms with Gasteiger partial charge in [-0.3, -0.25) is 19.4 Å². The average Bonchev–Trinajstić information content (AvgIpc) is 2.97. The van der Waals surface area contributed by atoms with E-state index in [9.17, 15) is 23.2 Å². The molecule has 9 heteroatoms. The largest absolute Gasteiger partial charge is 0.344 e. The number of carbonyl (C=O) groups is 3. The summed E-state index contributed by atoms with van der Waals surface area (Å²) in [6.07, 6.45) is 1.58. The molecule has 0 atom stereocenters. The summed E-state index contributed by atoms with van der Waals surface area (Å²) in [4.78, 5) is 42.0. The van der Waals surface area contributed by atoms with Crippen molar-refractivity contribution >= 4 is 23.3 Å². The van der Waals surface area contributed by atoms with Crippen LogP contribution >= 0.6 is 0 Å². The molecule has 2 heterocycles. The van der Waals surface area contributed by atoms with Crippen molar-refractivity contribution in [3.8, 4) is 0 Å². The molecule has 2 N–H and O–H groups in total. The Labute approximate surface area is 177 Å². The first-order valence-electron chi connectivity index (χ1n) is 9.35. The van der Waals surface area contributed by atoms with Gasteiger partial charge in [-0.15, -0.1) is 0 Å². The Kier molecular flexibility index (Phi) is 6.24. The number of amides is 2. The molecule has 3 rings (SSSR count). The number of benzene rings is 1. The summed E-state index contributed by atoms with van der Waals surface area (Å²) in [6, 6.07) is 8.19. The van der Waals surface area contributed by atoms with Gasteiger partial charge in [-0.05, 0) is 43.7 Å². The second-order valence-corrected chi connectivity index (χ2v) is 6.91. The van der Waals surface area contributed by atoms with E-state index >= 15 is 0 Å². The lowest BCUT2D eigenvalue weighted by atomic mass is 10.0. The summed E-state index contributed by atoms with van der Waals surface area (Å²) in [7, 11) is 1.57. The molecular weight excluding hydrogens is 406 g/mol. The fourth-order valence-corrected chi connectivity index (χ4v) is 3.27. The number of nitrogens with one attached hydrogen (secondary N) is 2. The lowest BCUT2D eigenvalue weighted by molar-refractivity contribution is -0.117. The number of carbonyl (C=O) groups excluding carboxylic acids is 3. The van der Waals surface area contributed by atoms with Gasteiger partial charge < -0.3 is 15.2 Å². The third kappa shape index (κ3) is 4.50. The zero-order valence-corrected chi connectivity index (χ0v) is 17.1. The molecule has 3 aromatic rings. The molecule has 0 radical (unpaired) electrons. The van der Waals surface area contributed by atoms with E-state index in [4.69, 9.17) is 0 Å². The number of ketones is 1. The van der Waals surface area contributed by atoms with Gasteiger partial charge in [-0.25, -0.2) is 8.78 Å². The summed E-state index contributed by atoms with van der Waals surface area (Å²) >= 11 is 0. The lowest BCUT2D eigenvalue weighted by Crippen LogP contribution is -2.31. The molecule has 2 aromatic heterocycles. The highest BCUT2D eigenvalue weighted by molar-refractivity contribution is 6.43. The summed E-state index contributed by atoms with van der Waals surface area (Å²) < 4.78 is 28.0. The quantitative estimate of drug-likeness (QED) is 0.468. The zero-order chi connectivity index (χ0) is 22.7. The maximum absolute atomic E-state index is 13.4. The molecule has 0 aliphatic heterocycles. The van der Waals surface area contributed by atoms with Crippen LogP contribution < -0.4 is 10.6 Å². The molecule has 1 aromatic carbocycles. The van der Waals surface area contributed by atoms with Crippen LogP contribution in [0.15, 0.2) is 42.6 Å². The number of pyridine rings is 1. The molecule has 7 nitrogen and oxygen atoms in total. The Morgan fingerprint density at radius 3 is 2.45 bits per heavy atom. The molecule has 0 saturated carbocycles. The highest BCUT2D eigenvalue weighted by Crippen LogP contribution is 2.23. The Morgan fingerprint density at radius 1 is 1.06 bits per heavy atom. The van der Waals surface area contributed by atoms with Crippen molar-refractivity contribution in [1.82, 2.24) is 14.9 Å². The fraction of sp³-hybridized carbons (Fsp3) is 0.182. The summed E-state index contributed by atoms with van der Waals surface area (Å²) in [5, 5.41) is 5.00. The Bertz CT molecular complexity index is 1170. The van der Waals surface area contributed by atoms with Crippen molar-refractivity contribution in [1.29, 1.82) is 0 Å². The standard InChI is InChI=1S/C22H20F2N4O3/c1-12-18(20(29)22(31)26-11-15-6-4-5-9-25-15)13(2)28(3)19(12)21(30)27-14-7-8-16(23)17(24)10-14/h4-10H,11H2,1-3H3,(H,26,31)(H,27,30). The molecule has 0 aliphatic rings. The van der Waals surface area contributed by atoms with E-state index in [2.05, 4.69) is 15.6 Å². The lowest BCUT2D eigenvalue weighted by Gasteiger charge is -2.08. The van der Waals surface area contributed by atoms with Gasteiger partial charge >= 0.3 is 0 Å². The van der Waals surface area contributed by atoms with E-state index < -0.39 is 29.2 Å². The van der Waals surface area contributed by atoms with Crippen LogP contribution in [-0.4, -0.2) is 27.1 Å². The molecule has 0 aliphatic carbocycles. The number of Topliss-reactive ketones (excluding diaryl/α,β-unsaturated/α-hetero) is 1. The predicted octanol–water partition coefficient (Wildman–Crippen LogP) is 3.07. The van der Waals surface area contributed by atoms with Gasteiger partial charge in [0.05, 0.1) is 17.8 Å². The SMILES string of the molecule is Cc1c(C(=O)C(=O)NCc2ccccn2)c(C)n(C)c1C(=O)Nc1ccc(F)c(F)c1. The van der Waals surface area contributed by atoms with Crippen LogP contribution in [0.3, 0.4) is 0 Å². The first-order valence-corrected chi connectivity index (χ1v) is 9.35. The first kappa shape index (κ1) is 21.8. The highest BCUT2D eigenvalue weighted by atomic mass is 19.2. The third-order valence-corrected chi connectivity index (χ3v) is 4.91. The van der Waals surface area contributed by atoms with Crippen LogP contribution in [0.25, 0.3) is 0 Å². The maximum atomic E-state index is 13.4. The molecule has 0 fully saturated rings. The highest BCUT2D eigenvalue weighted by Gasteiger charge is 2.28. The monoisotopic (exact) mass is 426 g/mol. The molecule has 2 amide bonds. The summed E-state index contributed by atoms with van der Waals surface area (Å²) in [6.45, 7) is 3.24. The van der Waals surface area contributed by atoms with Crippen LogP contribution in [0.5, 0.6) is 0 Å². The van der Waals surface area contributed by atoms with E-state index in [1.807, 2.05) is 0 Å². The van der Waals surface area contributed by atoms with Crippen LogP contribution in [0.1, 0.15) is 37.8 Å². The number of hydrogen-bond acceptors (Lipinski definition) is 4. The summed E-state index contributed by atoms with van der Waals surface area (Å²) in [5.74, 6) is -4.36. The van der Waals surface area contributed by atoms with Crippen molar-refractivity contribution in [3.63, 3.8) is 0 Å². The average molecular weight is 426 g/mol. The molecule has 31 heavy (non-hydrogen) atoms. The fourth-order valence-electron chi connectivity index (χ4n) is 3.27. The van der Waals surface area contributed by atoms with Crippen molar-refractivity contribution in [2.75, 3.05) is 5.32 Å². The van der Waals surface area contributed by atoms with Crippen LogP contribution in [0.4, 0.5) is 14.5 Å². The van der Waals surface area contributed by atoms with E-state index in [1.54, 1.807) is 45.3 Å². The van der Waals surface area contributed by atoms with E-state index in [1.165, 1.54) is 10.6 Å². The van der Waals surface area contributed by atoms with E-state index in [0.29, 0.717) is 17.0 Å². The smallest absolute Gasteiger partial charge is 0.292 e. The molecule has 160 valence electrons. The van der Waals surface area contributed by atoms with Crippen molar-refractivity contribution in [2.24, 2.45) is 7.05 Å². The van der Waals surface area contributed by atoms with Crippen molar-refractivity contribution in [3.05, 3.63) is 82.4 Å². The van der Waals surface area contributed by atoms with Crippen molar-refractivity contribution < 1.29 is 23.2 Å². The Balaban J connectivity index is 1.81. The molecule has 0 unspecified atom stereocenters. The Hall–Kier alpha value is -3.88. The normalized spacial score (nSPS) is 10.6. The minimum absolute atomic E-state index is 0.0585. The van der Waals surface area contributed by atoms with Gasteiger partial charge in [0, 0.05) is 30.7 Å². The van der Waals surface area contributed by atoms with Gasteiger partial charge in [0.25, 0.3) is 17.6 Å². The molecular formula is C22H20F2N4O3. The number of nitrogens with zero attached hydrogens (tertiary/aromatic N) is 2. The number of anilines is 1. The number of halogens is 2. The third-order valence-electron chi connectivity index (χ3n) is 4.91.